The van der Waals surface area contributed by atoms with Crippen LogP contribution in [0.15, 0.2) is 72.8 Å². The van der Waals surface area contributed by atoms with Crippen molar-refractivity contribution in [2.45, 2.75) is 43.8 Å². The molecule has 1 saturated heterocycles. The van der Waals surface area contributed by atoms with E-state index in [4.69, 9.17) is 9.47 Å². The van der Waals surface area contributed by atoms with Crippen molar-refractivity contribution in [2.24, 2.45) is 5.92 Å². The molecule has 3 aromatic carbocycles. The molecule has 1 aliphatic carbocycles. The predicted molar refractivity (Wildman–Crippen MR) is 137 cm³/mol. The second-order valence-electron chi connectivity index (χ2n) is 9.67. The van der Waals surface area contributed by atoms with Gasteiger partial charge in [-0.2, -0.15) is 0 Å². The summed E-state index contributed by atoms with van der Waals surface area (Å²) < 4.78 is 11.0. The molecule has 1 aliphatic heterocycles. The average Bonchev–Trinajstić information content (AvgIpc) is 2.90. The third kappa shape index (κ3) is 4.57. The molecule has 0 saturated carbocycles. The topological polar surface area (TPSA) is 41.9 Å². The Bertz CT molecular complexity index is 1070. The lowest BCUT2D eigenvalue weighted by atomic mass is 9.69. The van der Waals surface area contributed by atoms with Crippen molar-refractivity contribution < 1.29 is 14.6 Å². The molecule has 34 heavy (non-hydrogen) atoms. The van der Waals surface area contributed by atoms with Crippen molar-refractivity contribution in [1.82, 2.24) is 0 Å². The van der Waals surface area contributed by atoms with E-state index in [2.05, 4.69) is 65.6 Å². The van der Waals surface area contributed by atoms with E-state index < -0.39 is 0 Å². The van der Waals surface area contributed by atoms with Crippen LogP contribution >= 0.6 is 0 Å². The quantitative estimate of drug-likeness (QED) is 0.455. The van der Waals surface area contributed by atoms with Gasteiger partial charge in [-0.25, -0.2) is 0 Å². The number of nitrogens with zero attached hydrogens (tertiary/aromatic N) is 1. The molecule has 1 fully saturated rings. The van der Waals surface area contributed by atoms with E-state index in [-0.39, 0.29) is 12.2 Å². The number of methoxy groups -OCH3 is 2. The zero-order chi connectivity index (χ0) is 23.5. The van der Waals surface area contributed by atoms with Gasteiger partial charge in [-0.3, -0.25) is 0 Å². The summed E-state index contributed by atoms with van der Waals surface area (Å²) >= 11 is 0. The normalized spacial score (nSPS) is 21.0. The second kappa shape index (κ2) is 10.2. The molecule has 4 nitrogen and oxygen atoms in total. The highest BCUT2D eigenvalue weighted by atomic mass is 16.7. The van der Waals surface area contributed by atoms with Crippen molar-refractivity contribution in [3.05, 3.63) is 95.1 Å². The maximum Gasteiger partial charge on any atom is 0.159 e. The lowest BCUT2D eigenvalue weighted by molar-refractivity contribution is -0.141. The van der Waals surface area contributed by atoms with Crippen LogP contribution in [0.1, 0.15) is 53.4 Å². The number of anilines is 1. The molecule has 0 unspecified atom stereocenters. The smallest absolute Gasteiger partial charge is 0.159 e. The van der Waals surface area contributed by atoms with E-state index in [0.29, 0.717) is 17.6 Å². The van der Waals surface area contributed by atoms with Crippen molar-refractivity contribution in [3.63, 3.8) is 0 Å². The first-order valence-corrected chi connectivity index (χ1v) is 12.4. The fraction of sp³-hybridized carbons (Fsp3) is 0.400. The molecule has 3 aromatic rings. The Hall–Kier alpha value is -2.82. The van der Waals surface area contributed by atoms with Crippen molar-refractivity contribution in [2.75, 3.05) is 32.2 Å². The molecule has 0 radical (unpaired) electrons. The van der Waals surface area contributed by atoms with E-state index >= 15 is 0 Å². The number of aryl methyl sites for hydroxylation is 1. The summed E-state index contributed by atoms with van der Waals surface area (Å²) in [6, 6.07) is 26.0. The monoisotopic (exact) mass is 457 g/mol. The first-order valence-electron chi connectivity index (χ1n) is 12.4. The van der Waals surface area contributed by atoms with Crippen LogP contribution in [0.4, 0.5) is 5.69 Å². The molecule has 0 aromatic heterocycles. The predicted octanol–water partition coefficient (Wildman–Crippen LogP) is 6.09. The van der Waals surface area contributed by atoms with Gasteiger partial charge in [0.2, 0.25) is 0 Å². The summed E-state index contributed by atoms with van der Waals surface area (Å²) in [5.41, 5.74) is 6.64. The van der Waals surface area contributed by atoms with E-state index in [1.807, 2.05) is 12.1 Å². The van der Waals surface area contributed by atoms with Gasteiger partial charge in [0.1, 0.15) is 5.75 Å². The lowest BCUT2D eigenvalue weighted by Gasteiger charge is -2.37. The number of rotatable bonds is 6. The number of fused-ring (bicyclic) bond motifs is 1. The van der Waals surface area contributed by atoms with Crippen LogP contribution < -0.4 is 4.90 Å². The number of phenols is 1. The van der Waals surface area contributed by atoms with E-state index in [1.165, 1.54) is 27.9 Å². The lowest BCUT2D eigenvalue weighted by Crippen LogP contribution is -2.39. The summed E-state index contributed by atoms with van der Waals surface area (Å²) in [4.78, 5) is 2.48. The summed E-state index contributed by atoms with van der Waals surface area (Å²) in [6.45, 7) is 2.04. The molecule has 4 heteroatoms. The Morgan fingerprint density at radius 2 is 1.53 bits per heavy atom. The fourth-order valence-electron chi connectivity index (χ4n) is 6.08. The first kappa shape index (κ1) is 22.9. The van der Waals surface area contributed by atoms with Gasteiger partial charge in [0.25, 0.3) is 0 Å². The Morgan fingerprint density at radius 3 is 2.21 bits per heavy atom. The number of ether oxygens (including phenoxy) is 2. The van der Waals surface area contributed by atoms with E-state index in [1.54, 1.807) is 14.2 Å². The van der Waals surface area contributed by atoms with Crippen molar-refractivity contribution in [1.29, 1.82) is 0 Å². The maximum absolute atomic E-state index is 10.1. The van der Waals surface area contributed by atoms with Gasteiger partial charge in [0.15, 0.2) is 6.29 Å². The van der Waals surface area contributed by atoms with Crippen LogP contribution in [-0.2, 0) is 15.9 Å². The standard InChI is InChI=1S/C30H35NO3/c1-33-30(34-2)23-16-18-31(19-17-23)25-11-8-22(9-12-25)29-27(21-6-4-3-5-7-21)14-10-24-20-26(32)13-15-28(24)29/h3-9,11-13,15,20,23,27,29-30,32H,10,14,16-19H2,1-2H3/t27-,29+/m0/s1. The molecule has 2 aliphatic rings. The summed E-state index contributed by atoms with van der Waals surface area (Å²) in [7, 11) is 3.46. The Kier molecular flexibility index (Phi) is 6.89. The number of hydrogen-bond donors (Lipinski definition) is 1. The number of aromatic hydroxyl groups is 1. The summed E-state index contributed by atoms with van der Waals surface area (Å²) in [5, 5.41) is 10.1. The highest BCUT2D eigenvalue weighted by molar-refractivity contribution is 5.52. The fourth-order valence-corrected chi connectivity index (χ4v) is 6.08. The average molecular weight is 458 g/mol. The Balaban J connectivity index is 1.40. The van der Waals surface area contributed by atoms with Gasteiger partial charge < -0.3 is 19.5 Å². The number of piperidine rings is 1. The molecule has 0 spiro atoms. The molecule has 1 N–H and O–H groups in total. The van der Waals surface area contributed by atoms with Crippen LogP contribution in [0.5, 0.6) is 5.75 Å². The molecule has 5 rings (SSSR count). The second-order valence-corrected chi connectivity index (χ2v) is 9.67. The highest BCUT2D eigenvalue weighted by Crippen LogP contribution is 2.47. The zero-order valence-corrected chi connectivity index (χ0v) is 20.2. The molecule has 0 bridgehead atoms. The summed E-state index contributed by atoms with van der Waals surface area (Å²) in [6.07, 6.45) is 4.12. The maximum atomic E-state index is 10.1. The highest BCUT2D eigenvalue weighted by Gasteiger charge is 2.32. The number of hydrogen-bond acceptors (Lipinski definition) is 4. The third-order valence-electron chi connectivity index (χ3n) is 7.82. The van der Waals surface area contributed by atoms with E-state index in [0.717, 1.165) is 38.8 Å². The molecule has 0 amide bonds. The van der Waals surface area contributed by atoms with Crippen LogP contribution in [0.2, 0.25) is 0 Å². The summed E-state index contributed by atoms with van der Waals surface area (Å²) in [5.74, 6) is 1.53. The van der Waals surface area contributed by atoms with Crippen LogP contribution in [0, 0.1) is 5.92 Å². The number of benzene rings is 3. The van der Waals surface area contributed by atoms with Crippen LogP contribution in [0.3, 0.4) is 0 Å². The zero-order valence-electron chi connectivity index (χ0n) is 20.2. The molecule has 1 heterocycles. The number of phenolic OH excluding ortho intramolecular Hbond substituents is 1. The van der Waals surface area contributed by atoms with Gasteiger partial charge in [0, 0.05) is 44.8 Å². The molecular formula is C30H35NO3. The van der Waals surface area contributed by atoms with Gasteiger partial charge in [-0.15, -0.1) is 0 Å². The minimum atomic E-state index is -0.106. The molecule has 178 valence electrons. The molecule has 2 atom stereocenters. The Labute approximate surface area is 203 Å². The largest absolute Gasteiger partial charge is 0.508 e. The van der Waals surface area contributed by atoms with Crippen molar-refractivity contribution >= 4 is 5.69 Å². The van der Waals surface area contributed by atoms with Gasteiger partial charge >= 0.3 is 0 Å². The van der Waals surface area contributed by atoms with E-state index in [9.17, 15) is 5.11 Å². The third-order valence-corrected chi connectivity index (χ3v) is 7.82. The minimum Gasteiger partial charge on any atom is -0.508 e. The van der Waals surface area contributed by atoms with Crippen LogP contribution in [-0.4, -0.2) is 38.7 Å². The van der Waals surface area contributed by atoms with Gasteiger partial charge in [-0.1, -0.05) is 48.5 Å². The van der Waals surface area contributed by atoms with Crippen molar-refractivity contribution in [3.8, 4) is 5.75 Å². The Morgan fingerprint density at radius 1 is 0.824 bits per heavy atom. The minimum absolute atomic E-state index is 0.106. The van der Waals surface area contributed by atoms with Gasteiger partial charge in [0.05, 0.1) is 0 Å². The van der Waals surface area contributed by atoms with Crippen LogP contribution in [0.25, 0.3) is 0 Å². The first-order chi connectivity index (χ1) is 16.7. The van der Waals surface area contributed by atoms with Gasteiger partial charge in [-0.05, 0) is 78.1 Å². The molecular weight excluding hydrogens is 422 g/mol. The SMILES string of the molecule is COC(OC)C1CCN(c2ccc([C@H]3c4ccc(O)cc4CC[C@H]3c3ccccc3)cc2)CC1.